The highest BCUT2D eigenvalue weighted by molar-refractivity contribution is 6.05. The molecule has 0 saturated heterocycles. The normalized spacial score (nSPS) is 18.8. The lowest BCUT2D eigenvalue weighted by Gasteiger charge is -2.28. The van der Waals surface area contributed by atoms with Crippen molar-refractivity contribution in [3.05, 3.63) is 22.5 Å². The van der Waals surface area contributed by atoms with E-state index in [1.54, 1.807) is 0 Å². The Morgan fingerprint density at radius 2 is 1.97 bits per heavy atom. The second-order valence-corrected chi connectivity index (χ2v) is 9.61. The van der Waals surface area contributed by atoms with Crippen LogP contribution in [-0.2, 0) is 11.2 Å². The third kappa shape index (κ3) is 5.28. The Hall–Kier alpha value is -2.11. The quantitative estimate of drug-likeness (QED) is 0.551. The minimum atomic E-state index is -0.535. The van der Waals surface area contributed by atoms with Gasteiger partial charge in [-0.2, -0.15) is 0 Å². The Morgan fingerprint density at radius 1 is 1.24 bits per heavy atom. The molecule has 1 aromatic heterocycles. The van der Waals surface area contributed by atoms with E-state index in [2.05, 4.69) is 36.4 Å². The minimum absolute atomic E-state index is 0.0895. The van der Waals surface area contributed by atoms with Crippen LogP contribution in [0.2, 0.25) is 0 Å². The van der Waals surface area contributed by atoms with Crippen LogP contribution in [0.25, 0.3) is 0 Å². The zero-order valence-electron chi connectivity index (χ0n) is 18.2. The Morgan fingerprint density at radius 3 is 2.62 bits per heavy atom. The Labute approximate surface area is 173 Å². The summed E-state index contributed by atoms with van der Waals surface area (Å²) in [5.74, 6) is 0.372. The van der Waals surface area contributed by atoms with E-state index in [9.17, 15) is 14.4 Å². The predicted octanol–water partition coefficient (Wildman–Crippen LogP) is 3.68. The highest BCUT2D eigenvalue weighted by Crippen LogP contribution is 2.37. The summed E-state index contributed by atoms with van der Waals surface area (Å²) in [4.78, 5) is 41.5. The molecule has 0 bridgehead atoms. The molecule has 0 aromatic carbocycles. The molecular weight excluding hydrogens is 366 g/mol. The summed E-state index contributed by atoms with van der Waals surface area (Å²) in [7, 11) is 0. The molecule has 1 saturated carbocycles. The van der Waals surface area contributed by atoms with E-state index >= 15 is 0 Å². The van der Waals surface area contributed by atoms with Gasteiger partial charge in [-0.05, 0) is 49.5 Å². The third-order valence-corrected chi connectivity index (χ3v) is 6.14. The molecule has 3 N–H and O–H groups in total. The lowest BCUT2D eigenvalue weighted by molar-refractivity contribution is -0.123. The van der Waals surface area contributed by atoms with Gasteiger partial charge in [0.2, 0.25) is 5.91 Å². The van der Waals surface area contributed by atoms with Crippen molar-refractivity contribution in [3.8, 4) is 0 Å². The van der Waals surface area contributed by atoms with E-state index in [-0.39, 0.29) is 23.0 Å². The Bertz CT molecular complexity index is 790. The van der Waals surface area contributed by atoms with Gasteiger partial charge in [-0.25, -0.2) is 0 Å². The summed E-state index contributed by atoms with van der Waals surface area (Å²) >= 11 is 0. The number of aromatic nitrogens is 1. The first kappa shape index (κ1) is 21.6. The molecule has 1 atom stereocenters. The van der Waals surface area contributed by atoms with E-state index < -0.39 is 6.04 Å². The van der Waals surface area contributed by atoms with Crippen molar-refractivity contribution in [3.63, 3.8) is 0 Å². The maximum atomic E-state index is 13.0. The fourth-order valence-electron chi connectivity index (χ4n) is 4.28. The SMILES string of the molecule is CCCCNC(=O)C(CCC1CC1)NC(=O)c1[nH]c2c(c1C)C(=O)CC(C)(C)C2. The van der Waals surface area contributed by atoms with Crippen LogP contribution in [0.5, 0.6) is 0 Å². The molecular formula is C23H35N3O3. The number of H-pyrrole nitrogens is 1. The number of Topliss-reactive ketones (excluding diaryl/α,β-unsaturated/α-hetero) is 1. The van der Waals surface area contributed by atoms with Crippen molar-refractivity contribution in [1.29, 1.82) is 0 Å². The third-order valence-electron chi connectivity index (χ3n) is 6.14. The fourth-order valence-corrected chi connectivity index (χ4v) is 4.28. The molecule has 1 fully saturated rings. The number of unbranched alkanes of at least 4 members (excludes halogenated alkanes) is 1. The fraction of sp³-hybridized carbons (Fsp3) is 0.696. The molecule has 160 valence electrons. The standard InChI is InChI=1S/C23H35N3O3/c1-5-6-11-24-21(28)16(10-9-15-7-8-15)26-22(29)20-14(2)19-17(25-20)12-23(3,4)13-18(19)27/h15-16,25H,5-13H2,1-4H3,(H,24,28)(H,26,29). The molecule has 0 aliphatic heterocycles. The maximum Gasteiger partial charge on any atom is 0.268 e. The number of carbonyl (C=O) groups excluding carboxylic acids is 3. The van der Waals surface area contributed by atoms with Gasteiger partial charge in [0.1, 0.15) is 11.7 Å². The first-order valence-corrected chi connectivity index (χ1v) is 11.0. The highest BCUT2D eigenvalue weighted by Gasteiger charge is 2.36. The van der Waals surface area contributed by atoms with Crippen molar-refractivity contribution >= 4 is 17.6 Å². The van der Waals surface area contributed by atoms with Crippen molar-refractivity contribution < 1.29 is 14.4 Å². The molecule has 2 amide bonds. The topological polar surface area (TPSA) is 91.1 Å². The number of ketones is 1. The van der Waals surface area contributed by atoms with E-state index in [0.29, 0.717) is 42.1 Å². The second kappa shape index (κ2) is 8.72. The van der Waals surface area contributed by atoms with Gasteiger partial charge in [0.15, 0.2) is 5.78 Å². The van der Waals surface area contributed by atoms with Gasteiger partial charge in [-0.15, -0.1) is 0 Å². The number of hydrogen-bond donors (Lipinski definition) is 3. The molecule has 1 heterocycles. The second-order valence-electron chi connectivity index (χ2n) is 9.61. The van der Waals surface area contributed by atoms with Crippen LogP contribution in [-0.4, -0.2) is 35.2 Å². The average Bonchev–Trinajstić information content (AvgIpc) is 3.40. The number of amides is 2. The highest BCUT2D eigenvalue weighted by atomic mass is 16.2. The van der Waals surface area contributed by atoms with Gasteiger partial charge in [-0.3, -0.25) is 14.4 Å². The van der Waals surface area contributed by atoms with Crippen LogP contribution >= 0.6 is 0 Å². The van der Waals surface area contributed by atoms with Gasteiger partial charge in [0.25, 0.3) is 5.91 Å². The van der Waals surface area contributed by atoms with Gasteiger partial charge in [-0.1, -0.05) is 40.0 Å². The summed E-state index contributed by atoms with van der Waals surface area (Å²) in [6, 6.07) is -0.535. The molecule has 0 spiro atoms. The number of hydrogen-bond acceptors (Lipinski definition) is 3. The van der Waals surface area contributed by atoms with Crippen LogP contribution in [0.3, 0.4) is 0 Å². The number of fused-ring (bicyclic) bond motifs is 1. The molecule has 3 rings (SSSR count). The predicted molar refractivity (Wildman–Crippen MR) is 113 cm³/mol. The molecule has 1 aromatic rings. The Balaban J connectivity index is 1.73. The first-order chi connectivity index (χ1) is 13.7. The summed E-state index contributed by atoms with van der Waals surface area (Å²) in [5.41, 5.74) is 2.51. The van der Waals surface area contributed by atoms with Crippen molar-refractivity contribution in [2.45, 2.75) is 85.1 Å². The van der Waals surface area contributed by atoms with Crippen molar-refractivity contribution in [1.82, 2.24) is 15.6 Å². The zero-order valence-corrected chi connectivity index (χ0v) is 18.2. The summed E-state index contributed by atoms with van der Waals surface area (Å²) < 4.78 is 0. The number of rotatable bonds is 9. The van der Waals surface area contributed by atoms with Gasteiger partial charge < -0.3 is 15.6 Å². The smallest absolute Gasteiger partial charge is 0.268 e. The van der Waals surface area contributed by atoms with Crippen LogP contribution in [0, 0.1) is 18.3 Å². The molecule has 6 heteroatoms. The maximum absolute atomic E-state index is 13.0. The molecule has 2 aliphatic rings. The molecule has 6 nitrogen and oxygen atoms in total. The number of carbonyl (C=O) groups is 3. The van der Waals surface area contributed by atoms with E-state index in [4.69, 9.17) is 0 Å². The monoisotopic (exact) mass is 401 g/mol. The summed E-state index contributed by atoms with van der Waals surface area (Å²) in [6.45, 7) is 8.67. The van der Waals surface area contributed by atoms with Gasteiger partial charge in [0, 0.05) is 24.2 Å². The molecule has 0 radical (unpaired) electrons. The molecule has 29 heavy (non-hydrogen) atoms. The van der Waals surface area contributed by atoms with Crippen molar-refractivity contribution in [2.24, 2.45) is 11.3 Å². The first-order valence-electron chi connectivity index (χ1n) is 11.0. The summed E-state index contributed by atoms with van der Waals surface area (Å²) in [6.07, 6.45) is 7.22. The summed E-state index contributed by atoms with van der Waals surface area (Å²) in [5, 5.41) is 5.88. The van der Waals surface area contributed by atoms with Crippen LogP contribution < -0.4 is 10.6 Å². The van der Waals surface area contributed by atoms with E-state index in [1.165, 1.54) is 12.8 Å². The van der Waals surface area contributed by atoms with Crippen LogP contribution in [0.15, 0.2) is 0 Å². The van der Waals surface area contributed by atoms with Crippen LogP contribution in [0.1, 0.15) is 97.8 Å². The largest absolute Gasteiger partial charge is 0.354 e. The van der Waals surface area contributed by atoms with Crippen molar-refractivity contribution in [2.75, 3.05) is 6.54 Å². The van der Waals surface area contributed by atoms with E-state index in [0.717, 1.165) is 31.4 Å². The van der Waals surface area contributed by atoms with Gasteiger partial charge >= 0.3 is 0 Å². The van der Waals surface area contributed by atoms with E-state index in [1.807, 2.05) is 6.92 Å². The lowest BCUT2D eigenvalue weighted by Crippen LogP contribution is -2.47. The molecule has 1 unspecified atom stereocenters. The molecule has 2 aliphatic carbocycles. The van der Waals surface area contributed by atoms with Crippen LogP contribution in [0.4, 0.5) is 0 Å². The number of nitrogens with one attached hydrogen (secondary N) is 3. The lowest BCUT2D eigenvalue weighted by atomic mass is 9.75. The Kier molecular flexibility index (Phi) is 6.49. The zero-order chi connectivity index (χ0) is 21.2. The average molecular weight is 402 g/mol. The van der Waals surface area contributed by atoms with Gasteiger partial charge in [0.05, 0.1) is 0 Å². The number of aromatic amines is 1. The minimum Gasteiger partial charge on any atom is -0.354 e.